The smallest absolute Gasteiger partial charge is 0.0939 e. The summed E-state index contributed by atoms with van der Waals surface area (Å²) < 4.78 is 17.1. The Morgan fingerprint density at radius 1 is 1.44 bits per heavy atom. The molecule has 3 N–H and O–H groups in total. The largest absolute Gasteiger partial charge is 0.378 e. The molecule has 0 radical (unpaired) electrons. The number of rotatable bonds is 5. The highest BCUT2D eigenvalue weighted by atomic mass is 16.6. The highest BCUT2D eigenvalue weighted by Gasteiger charge is 2.42. The molecule has 0 saturated carbocycles. The molecule has 2 aliphatic heterocycles. The third-order valence-electron chi connectivity index (χ3n) is 3.99. The molecule has 2 aliphatic rings. The third-order valence-corrected chi connectivity index (χ3v) is 3.99. The predicted molar refractivity (Wildman–Crippen MR) is 69.0 cm³/mol. The molecule has 0 bridgehead atoms. The maximum Gasteiger partial charge on any atom is 0.0939 e. The zero-order chi connectivity index (χ0) is 13.0. The molecule has 0 aromatic rings. The van der Waals surface area contributed by atoms with Crippen molar-refractivity contribution in [1.29, 1.82) is 0 Å². The third kappa shape index (κ3) is 3.42. The Kier molecular flexibility index (Phi) is 4.98. The summed E-state index contributed by atoms with van der Waals surface area (Å²) in [5.41, 5.74) is 2.85. The standard InChI is InChI=1S/C13H26N2O3/c1-10(2)17-8-12(15-14)11-3-5-18-13(7-11)4-6-16-9-13/h10-12,15H,3-9,14H2,1-2H3. The average molecular weight is 258 g/mol. The van der Waals surface area contributed by atoms with E-state index >= 15 is 0 Å². The molecular weight excluding hydrogens is 232 g/mol. The molecule has 0 amide bonds. The molecule has 2 rings (SSSR count). The van der Waals surface area contributed by atoms with E-state index in [1.165, 1.54) is 0 Å². The highest BCUT2D eigenvalue weighted by molar-refractivity contribution is 4.93. The van der Waals surface area contributed by atoms with Crippen LogP contribution < -0.4 is 11.3 Å². The van der Waals surface area contributed by atoms with Crippen LogP contribution in [0.25, 0.3) is 0 Å². The summed E-state index contributed by atoms with van der Waals surface area (Å²) in [6.45, 7) is 7.10. The van der Waals surface area contributed by atoms with E-state index in [4.69, 9.17) is 20.1 Å². The van der Waals surface area contributed by atoms with Gasteiger partial charge in [-0.2, -0.15) is 0 Å². The fraction of sp³-hybridized carbons (Fsp3) is 1.00. The first kappa shape index (κ1) is 14.2. The Balaban J connectivity index is 1.89. The SMILES string of the molecule is CC(C)OCC(NN)C1CCOC2(CCOC2)C1. The van der Waals surface area contributed by atoms with Crippen molar-refractivity contribution in [3.05, 3.63) is 0 Å². The molecule has 3 atom stereocenters. The summed E-state index contributed by atoms with van der Waals surface area (Å²) in [6.07, 6.45) is 3.30. The molecule has 5 heteroatoms. The van der Waals surface area contributed by atoms with Crippen LogP contribution in [0.4, 0.5) is 0 Å². The van der Waals surface area contributed by atoms with Gasteiger partial charge in [0.25, 0.3) is 0 Å². The van der Waals surface area contributed by atoms with Crippen LogP contribution in [-0.4, -0.2) is 44.2 Å². The van der Waals surface area contributed by atoms with Crippen molar-refractivity contribution in [2.75, 3.05) is 26.4 Å². The maximum absolute atomic E-state index is 5.94. The van der Waals surface area contributed by atoms with Crippen molar-refractivity contribution >= 4 is 0 Å². The van der Waals surface area contributed by atoms with E-state index in [9.17, 15) is 0 Å². The van der Waals surface area contributed by atoms with Crippen molar-refractivity contribution in [1.82, 2.24) is 5.43 Å². The summed E-state index contributed by atoms with van der Waals surface area (Å²) in [5.74, 6) is 6.18. The summed E-state index contributed by atoms with van der Waals surface area (Å²) in [6, 6.07) is 0.203. The molecule has 0 aromatic carbocycles. The summed E-state index contributed by atoms with van der Waals surface area (Å²) in [4.78, 5) is 0. The van der Waals surface area contributed by atoms with Crippen LogP contribution in [0.3, 0.4) is 0 Å². The van der Waals surface area contributed by atoms with Gasteiger partial charge in [-0.1, -0.05) is 0 Å². The molecule has 2 fully saturated rings. The lowest BCUT2D eigenvalue weighted by atomic mass is 9.81. The Labute approximate surface area is 109 Å². The Hall–Kier alpha value is -0.200. The van der Waals surface area contributed by atoms with Gasteiger partial charge in [0, 0.05) is 25.7 Å². The lowest BCUT2D eigenvalue weighted by Crippen LogP contribution is -2.51. The lowest BCUT2D eigenvalue weighted by Gasteiger charge is -2.40. The van der Waals surface area contributed by atoms with Crippen LogP contribution >= 0.6 is 0 Å². The minimum atomic E-state index is -0.0597. The number of nitrogens with one attached hydrogen (secondary N) is 1. The minimum Gasteiger partial charge on any atom is -0.378 e. The van der Waals surface area contributed by atoms with Gasteiger partial charge in [-0.15, -0.1) is 0 Å². The van der Waals surface area contributed by atoms with Crippen molar-refractivity contribution in [2.24, 2.45) is 11.8 Å². The van der Waals surface area contributed by atoms with Crippen LogP contribution in [0.2, 0.25) is 0 Å². The van der Waals surface area contributed by atoms with Gasteiger partial charge in [-0.25, -0.2) is 0 Å². The molecular formula is C13H26N2O3. The summed E-state index contributed by atoms with van der Waals surface area (Å²) in [7, 11) is 0. The quantitative estimate of drug-likeness (QED) is 0.565. The number of hydrazine groups is 1. The van der Waals surface area contributed by atoms with Crippen molar-refractivity contribution in [2.45, 2.75) is 50.9 Å². The van der Waals surface area contributed by atoms with Gasteiger partial charge in [0.1, 0.15) is 0 Å². The number of ether oxygens (including phenoxy) is 3. The van der Waals surface area contributed by atoms with Gasteiger partial charge >= 0.3 is 0 Å². The first-order valence-corrected chi connectivity index (χ1v) is 6.95. The van der Waals surface area contributed by atoms with Crippen LogP contribution in [0, 0.1) is 5.92 Å². The van der Waals surface area contributed by atoms with Gasteiger partial charge in [0.2, 0.25) is 0 Å². The van der Waals surface area contributed by atoms with Gasteiger partial charge in [0.15, 0.2) is 0 Å². The number of nitrogens with two attached hydrogens (primary N) is 1. The number of hydrogen-bond donors (Lipinski definition) is 2. The van der Waals surface area contributed by atoms with E-state index in [1.54, 1.807) is 0 Å². The average Bonchev–Trinajstić information content (AvgIpc) is 2.78. The van der Waals surface area contributed by atoms with Crippen LogP contribution in [0.5, 0.6) is 0 Å². The summed E-state index contributed by atoms with van der Waals surface area (Å²) in [5, 5.41) is 0. The molecule has 3 unspecified atom stereocenters. The van der Waals surface area contributed by atoms with E-state index in [0.29, 0.717) is 12.5 Å². The lowest BCUT2D eigenvalue weighted by molar-refractivity contribution is -0.107. The van der Waals surface area contributed by atoms with E-state index in [1.807, 2.05) is 13.8 Å². The Bertz CT molecular complexity index is 255. The van der Waals surface area contributed by atoms with Gasteiger partial charge in [-0.3, -0.25) is 11.3 Å². The normalized spacial score (nSPS) is 34.3. The minimum absolute atomic E-state index is 0.0597. The molecule has 2 heterocycles. The second-order valence-corrected chi connectivity index (χ2v) is 5.74. The van der Waals surface area contributed by atoms with E-state index < -0.39 is 0 Å². The predicted octanol–water partition coefficient (Wildman–Crippen LogP) is 0.829. The number of hydrogen-bond acceptors (Lipinski definition) is 5. The molecule has 5 nitrogen and oxygen atoms in total. The van der Waals surface area contributed by atoms with E-state index in [-0.39, 0.29) is 17.7 Å². The topological polar surface area (TPSA) is 65.7 Å². The van der Waals surface area contributed by atoms with Gasteiger partial charge in [-0.05, 0) is 32.6 Å². The monoisotopic (exact) mass is 258 g/mol. The highest BCUT2D eigenvalue weighted by Crippen LogP contribution is 2.37. The second kappa shape index (κ2) is 6.30. The fourth-order valence-electron chi connectivity index (χ4n) is 2.89. The first-order valence-electron chi connectivity index (χ1n) is 6.95. The zero-order valence-corrected chi connectivity index (χ0v) is 11.5. The molecule has 1 spiro atoms. The van der Waals surface area contributed by atoms with E-state index in [2.05, 4.69) is 5.43 Å². The molecule has 18 heavy (non-hydrogen) atoms. The van der Waals surface area contributed by atoms with Crippen molar-refractivity contribution in [3.63, 3.8) is 0 Å². The van der Waals surface area contributed by atoms with Crippen molar-refractivity contribution < 1.29 is 14.2 Å². The summed E-state index contributed by atoms with van der Waals surface area (Å²) >= 11 is 0. The van der Waals surface area contributed by atoms with Crippen LogP contribution in [0.1, 0.15) is 33.1 Å². The van der Waals surface area contributed by atoms with Gasteiger partial charge < -0.3 is 14.2 Å². The Morgan fingerprint density at radius 3 is 2.89 bits per heavy atom. The maximum atomic E-state index is 5.94. The molecule has 2 saturated heterocycles. The van der Waals surface area contributed by atoms with Crippen molar-refractivity contribution in [3.8, 4) is 0 Å². The second-order valence-electron chi connectivity index (χ2n) is 5.74. The van der Waals surface area contributed by atoms with Gasteiger partial charge in [0.05, 0.1) is 24.9 Å². The van der Waals surface area contributed by atoms with Crippen LogP contribution in [-0.2, 0) is 14.2 Å². The Morgan fingerprint density at radius 2 is 2.28 bits per heavy atom. The fourth-order valence-corrected chi connectivity index (χ4v) is 2.89. The molecule has 106 valence electrons. The molecule has 0 aliphatic carbocycles. The zero-order valence-electron chi connectivity index (χ0n) is 11.5. The molecule has 0 aromatic heterocycles. The van der Waals surface area contributed by atoms with E-state index in [0.717, 1.165) is 39.1 Å². The van der Waals surface area contributed by atoms with Crippen LogP contribution in [0.15, 0.2) is 0 Å². The first-order chi connectivity index (χ1) is 8.65.